The molecule has 2 heterocycles. The molecule has 1 aromatic heterocycles. The number of hydrogen-bond donors (Lipinski definition) is 2. The number of hydrogen-bond acceptors (Lipinski definition) is 5. The number of fused-ring (bicyclic) bond motifs is 1. The van der Waals surface area contributed by atoms with Crippen LogP contribution < -0.4 is 10.9 Å². The first-order valence-corrected chi connectivity index (χ1v) is 11.5. The quantitative estimate of drug-likeness (QED) is 0.586. The molecule has 1 unspecified atom stereocenters. The molecule has 0 radical (unpaired) electrons. The van der Waals surface area contributed by atoms with Gasteiger partial charge in [0.05, 0.1) is 16.3 Å². The number of sulfonamides is 1. The predicted octanol–water partition coefficient (Wildman–Crippen LogP) is 2.24. The summed E-state index contributed by atoms with van der Waals surface area (Å²) >= 11 is 0. The number of rotatable bonds is 4. The first-order valence-electron chi connectivity index (χ1n) is 10.1. The molecule has 1 saturated heterocycles. The topological polar surface area (TPSA) is 108 Å². The molecular weight excluding hydrogens is 435 g/mol. The number of aromatic nitrogens is 1. The fourth-order valence-corrected chi connectivity index (χ4v) is 5.13. The van der Waals surface area contributed by atoms with Crippen LogP contribution >= 0.6 is 0 Å². The smallest absolute Gasteiger partial charge is 0.273 e. The molecule has 0 bridgehead atoms. The highest BCUT2D eigenvalue weighted by Gasteiger charge is 2.33. The molecule has 4 rings (SSSR count). The van der Waals surface area contributed by atoms with E-state index in [4.69, 9.17) is 0 Å². The fraction of sp³-hybridized carbons (Fsp3) is 0.227. The van der Waals surface area contributed by atoms with Gasteiger partial charge in [0, 0.05) is 18.5 Å². The van der Waals surface area contributed by atoms with Crippen molar-refractivity contribution in [2.24, 2.45) is 5.92 Å². The van der Waals surface area contributed by atoms with Crippen LogP contribution in [0.1, 0.15) is 23.3 Å². The average Bonchev–Trinajstić information content (AvgIpc) is 2.82. The Labute approximate surface area is 184 Å². The van der Waals surface area contributed by atoms with Gasteiger partial charge in [-0.05, 0) is 49.2 Å². The molecule has 2 amide bonds. The molecule has 1 aliphatic heterocycles. The molecule has 0 spiro atoms. The van der Waals surface area contributed by atoms with Crippen LogP contribution in [-0.2, 0) is 14.8 Å². The zero-order chi connectivity index (χ0) is 22.7. The second-order valence-corrected chi connectivity index (χ2v) is 9.43. The van der Waals surface area contributed by atoms with Crippen molar-refractivity contribution >= 4 is 32.7 Å². The first-order chi connectivity index (χ1) is 15.3. The predicted molar refractivity (Wildman–Crippen MR) is 115 cm³/mol. The summed E-state index contributed by atoms with van der Waals surface area (Å²) in [5.74, 6) is -2.23. The number of para-hydroxylation sites is 1. The molecule has 32 heavy (non-hydrogen) atoms. The van der Waals surface area contributed by atoms with E-state index in [9.17, 15) is 22.4 Å². The average molecular weight is 456 g/mol. The number of carbonyl (C=O) groups excluding carboxylic acids is 2. The maximum atomic E-state index is 13.1. The van der Waals surface area contributed by atoms with Crippen LogP contribution in [0, 0.1) is 11.7 Å². The number of piperidine rings is 1. The van der Waals surface area contributed by atoms with Crippen LogP contribution in [0.3, 0.4) is 0 Å². The van der Waals surface area contributed by atoms with E-state index < -0.39 is 33.6 Å². The van der Waals surface area contributed by atoms with E-state index in [2.05, 4.69) is 15.8 Å². The van der Waals surface area contributed by atoms with E-state index >= 15 is 0 Å². The number of nitrogens with one attached hydrogen (secondary N) is 2. The van der Waals surface area contributed by atoms with Crippen molar-refractivity contribution in [3.63, 3.8) is 0 Å². The summed E-state index contributed by atoms with van der Waals surface area (Å²) in [6.45, 7) is 0.229. The number of amides is 2. The number of benzene rings is 2. The van der Waals surface area contributed by atoms with Gasteiger partial charge in [-0.1, -0.05) is 24.3 Å². The Morgan fingerprint density at radius 1 is 1.00 bits per heavy atom. The van der Waals surface area contributed by atoms with Gasteiger partial charge < -0.3 is 0 Å². The highest BCUT2D eigenvalue weighted by molar-refractivity contribution is 7.89. The van der Waals surface area contributed by atoms with Crippen molar-refractivity contribution in [2.75, 3.05) is 13.1 Å². The third kappa shape index (κ3) is 4.61. The number of nitrogens with zero attached hydrogens (tertiary/aromatic N) is 2. The second-order valence-electron chi connectivity index (χ2n) is 7.49. The van der Waals surface area contributed by atoms with Crippen LogP contribution in [0.25, 0.3) is 10.9 Å². The van der Waals surface area contributed by atoms with E-state index in [1.165, 1.54) is 16.4 Å². The molecular formula is C22H21FN4O4S. The van der Waals surface area contributed by atoms with E-state index in [0.717, 1.165) is 17.5 Å². The van der Waals surface area contributed by atoms with E-state index in [0.29, 0.717) is 18.4 Å². The Bertz CT molecular complexity index is 1260. The maximum Gasteiger partial charge on any atom is 0.288 e. The maximum absolute atomic E-state index is 13.1. The molecule has 8 nitrogen and oxygen atoms in total. The largest absolute Gasteiger partial charge is 0.288 e. The molecule has 3 aromatic rings. The lowest BCUT2D eigenvalue weighted by atomic mass is 9.99. The molecule has 1 fully saturated rings. The Morgan fingerprint density at radius 2 is 1.75 bits per heavy atom. The van der Waals surface area contributed by atoms with Crippen molar-refractivity contribution in [1.82, 2.24) is 20.1 Å². The highest BCUT2D eigenvalue weighted by Crippen LogP contribution is 2.24. The van der Waals surface area contributed by atoms with Gasteiger partial charge in [-0.2, -0.15) is 4.31 Å². The Balaban J connectivity index is 1.38. The lowest BCUT2D eigenvalue weighted by Gasteiger charge is -2.31. The molecule has 1 aliphatic rings. The van der Waals surface area contributed by atoms with Gasteiger partial charge >= 0.3 is 0 Å². The van der Waals surface area contributed by atoms with Crippen molar-refractivity contribution in [1.29, 1.82) is 0 Å². The van der Waals surface area contributed by atoms with Gasteiger partial charge in [-0.25, -0.2) is 17.8 Å². The summed E-state index contributed by atoms with van der Waals surface area (Å²) in [5, 5.41) is 0.887. The number of pyridine rings is 1. The minimum absolute atomic E-state index is 0.0318. The Hall–Kier alpha value is -3.37. The van der Waals surface area contributed by atoms with E-state index in [-0.39, 0.29) is 23.7 Å². The zero-order valence-electron chi connectivity index (χ0n) is 17.0. The third-order valence-corrected chi connectivity index (χ3v) is 7.22. The zero-order valence-corrected chi connectivity index (χ0v) is 17.8. The second kappa shape index (κ2) is 9.01. The highest BCUT2D eigenvalue weighted by atomic mass is 32.2. The number of hydrazine groups is 1. The van der Waals surface area contributed by atoms with Crippen molar-refractivity contribution in [3.8, 4) is 0 Å². The van der Waals surface area contributed by atoms with Crippen LogP contribution in [0.4, 0.5) is 4.39 Å². The molecule has 1 atom stereocenters. The van der Waals surface area contributed by atoms with Gasteiger partial charge in [0.15, 0.2) is 0 Å². The van der Waals surface area contributed by atoms with E-state index in [1.807, 2.05) is 18.2 Å². The van der Waals surface area contributed by atoms with Crippen LogP contribution in [-0.4, -0.2) is 42.6 Å². The minimum Gasteiger partial charge on any atom is -0.273 e. The number of carbonyl (C=O) groups is 2. The fourth-order valence-electron chi connectivity index (χ4n) is 3.61. The molecule has 2 N–H and O–H groups in total. The Morgan fingerprint density at radius 3 is 2.53 bits per heavy atom. The van der Waals surface area contributed by atoms with Gasteiger partial charge in [0.1, 0.15) is 11.5 Å². The molecule has 0 saturated carbocycles. The normalized spacial score (nSPS) is 17.1. The van der Waals surface area contributed by atoms with Crippen molar-refractivity contribution in [2.45, 2.75) is 17.7 Å². The summed E-state index contributed by atoms with van der Waals surface area (Å²) < 4.78 is 40.0. The summed E-state index contributed by atoms with van der Waals surface area (Å²) in [7, 11) is -3.85. The molecule has 10 heteroatoms. The van der Waals surface area contributed by atoms with Crippen LogP contribution in [0.2, 0.25) is 0 Å². The van der Waals surface area contributed by atoms with Crippen molar-refractivity contribution < 1.29 is 22.4 Å². The summed E-state index contributed by atoms with van der Waals surface area (Å²) in [6.07, 6.45) is 0.962. The summed E-state index contributed by atoms with van der Waals surface area (Å²) in [6, 6.07) is 15.2. The SMILES string of the molecule is O=C(NNC(=O)C1CCCN(S(=O)(=O)c2ccc(F)cc2)C1)c1ccc2ccccc2n1. The van der Waals surface area contributed by atoms with Crippen LogP contribution in [0.15, 0.2) is 65.6 Å². The van der Waals surface area contributed by atoms with Gasteiger partial charge in [-0.3, -0.25) is 20.4 Å². The summed E-state index contributed by atoms with van der Waals surface area (Å²) in [5.41, 5.74) is 5.51. The first kappa shape index (κ1) is 21.8. The van der Waals surface area contributed by atoms with Crippen LogP contribution in [0.5, 0.6) is 0 Å². The lowest BCUT2D eigenvalue weighted by molar-refractivity contribution is -0.126. The molecule has 166 valence electrons. The lowest BCUT2D eigenvalue weighted by Crippen LogP contribution is -2.50. The van der Waals surface area contributed by atoms with Gasteiger partial charge in [0.2, 0.25) is 15.9 Å². The number of halogens is 1. The third-order valence-electron chi connectivity index (χ3n) is 5.34. The minimum atomic E-state index is -3.85. The standard InChI is InChI=1S/C22H21FN4O4S/c23-17-8-10-18(11-9-17)32(30,31)27-13-3-5-16(14-27)21(28)25-26-22(29)20-12-7-15-4-1-2-6-19(15)24-20/h1-2,4,6-12,16H,3,5,13-14H2,(H,25,28)(H,26,29). The Kier molecular flexibility index (Phi) is 6.15. The molecule has 2 aromatic carbocycles. The van der Waals surface area contributed by atoms with Gasteiger partial charge in [0.25, 0.3) is 5.91 Å². The monoisotopic (exact) mass is 456 g/mol. The summed E-state index contributed by atoms with van der Waals surface area (Å²) in [4.78, 5) is 29.2. The van der Waals surface area contributed by atoms with Crippen molar-refractivity contribution in [3.05, 3.63) is 72.2 Å². The van der Waals surface area contributed by atoms with E-state index in [1.54, 1.807) is 18.2 Å². The molecule has 0 aliphatic carbocycles. The van der Waals surface area contributed by atoms with Gasteiger partial charge in [-0.15, -0.1) is 0 Å².